The molecule has 0 fully saturated rings. The Bertz CT molecular complexity index is 404. The van der Waals surface area contributed by atoms with Gasteiger partial charge in [-0.25, -0.2) is 13.2 Å². The minimum Gasteiger partial charge on any atom is -0.466 e. The molecule has 0 aliphatic carbocycles. The number of aliphatic hydroxyl groups is 1. The summed E-state index contributed by atoms with van der Waals surface area (Å²) >= 11 is 0. The molecule has 1 aromatic rings. The van der Waals surface area contributed by atoms with Crippen LogP contribution in [0.25, 0.3) is 0 Å². The second-order valence-corrected chi connectivity index (χ2v) is 3.70. The largest absolute Gasteiger partial charge is 0.466 e. The zero-order valence-corrected chi connectivity index (χ0v) is 9.70. The summed E-state index contributed by atoms with van der Waals surface area (Å²) in [5.41, 5.74) is -0.161. The second kappa shape index (κ2) is 5.86. The third kappa shape index (κ3) is 3.73. The minimum absolute atomic E-state index is 0.0123. The summed E-state index contributed by atoms with van der Waals surface area (Å²) in [4.78, 5) is 11.0. The second-order valence-electron chi connectivity index (χ2n) is 3.70. The first-order valence-electron chi connectivity index (χ1n) is 5.34. The van der Waals surface area contributed by atoms with Crippen molar-refractivity contribution in [3.63, 3.8) is 0 Å². The molecule has 0 bridgehead atoms. The smallest absolute Gasteiger partial charge is 0.312 e. The first kappa shape index (κ1) is 14.5. The van der Waals surface area contributed by atoms with E-state index in [0.717, 1.165) is 24.3 Å². The lowest BCUT2D eigenvalue weighted by Crippen LogP contribution is -2.30. The molecule has 0 saturated carbocycles. The Morgan fingerprint density at radius 1 is 1.39 bits per heavy atom. The minimum atomic E-state index is -3.66. The van der Waals surface area contributed by atoms with Crippen LogP contribution in [-0.2, 0) is 9.53 Å². The van der Waals surface area contributed by atoms with E-state index in [9.17, 15) is 23.1 Å². The van der Waals surface area contributed by atoms with Crippen molar-refractivity contribution in [3.8, 4) is 0 Å². The molecule has 100 valence electrons. The number of hydrogen-bond donors (Lipinski definition) is 1. The molecule has 0 aliphatic rings. The van der Waals surface area contributed by atoms with Gasteiger partial charge in [-0.05, 0) is 24.6 Å². The van der Waals surface area contributed by atoms with Crippen molar-refractivity contribution >= 4 is 5.97 Å². The molecule has 6 heteroatoms. The van der Waals surface area contributed by atoms with Gasteiger partial charge in [-0.1, -0.05) is 12.1 Å². The average Bonchev–Trinajstić information content (AvgIpc) is 2.28. The Morgan fingerprint density at radius 2 is 1.94 bits per heavy atom. The van der Waals surface area contributed by atoms with Crippen LogP contribution in [0.3, 0.4) is 0 Å². The number of rotatable bonds is 5. The van der Waals surface area contributed by atoms with E-state index in [-0.39, 0.29) is 12.2 Å². The molecular weight excluding hydrogens is 249 g/mol. The van der Waals surface area contributed by atoms with Gasteiger partial charge in [0.15, 0.2) is 0 Å². The van der Waals surface area contributed by atoms with Crippen LogP contribution in [0.15, 0.2) is 24.3 Å². The van der Waals surface area contributed by atoms with Gasteiger partial charge in [-0.2, -0.15) is 0 Å². The van der Waals surface area contributed by atoms with Gasteiger partial charge < -0.3 is 9.84 Å². The number of benzene rings is 1. The van der Waals surface area contributed by atoms with Crippen LogP contribution in [0.4, 0.5) is 13.2 Å². The van der Waals surface area contributed by atoms with E-state index >= 15 is 0 Å². The standard InChI is InChI=1S/C12H13F3O3/c1-2-18-10(16)7-12(14,15)11(17)8-3-5-9(13)6-4-8/h3-6,11,17H,2,7H2,1H3. The van der Waals surface area contributed by atoms with Crippen LogP contribution >= 0.6 is 0 Å². The van der Waals surface area contributed by atoms with E-state index in [2.05, 4.69) is 4.74 Å². The Hall–Kier alpha value is -1.56. The highest BCUT2D eigenvalue weighted by molar-refractivity contribution is 5.70. The number of esters is 1. The fourth-order valence-electron chi connectivity index (χ4n) is 1.39. The normalized spacial score (nSPS) is 13.2. The average molecular weight is 262 g/mol. The number of halogens is 3. The van der Waals surface area contributed by atoms with Gasteiger partial charge in [0.1, 0.15) is 18.3 Å². The summed E-state index contributed by atoms with van der Waals surface area (Å²) in [7, 11) is 0. The lowest BCUT2D eigenvalue weighted by atomic mass is 10.0. The van der Waals surface area contributed by atoms with Crippen LogP contribution in [0.1, 0.15) is 25.0 Å². The molecule has 1 rings (SSSR count). The van der Waals surface area contributed by atoms with Crippen molar-refractivity contribution in [2.75, 3.05) is 6.61 Å². The number of hydrogen-bond acceptors (Lipinski definition) is 3. The molecule has 1 N–H and O–H groups in total. The Labute approximate surface area is 102 Å². The molecule has 0 radical (unpaired) electrons. The molecule has 0 saturated heterocycles. The van der Waals surface area contributed by atoms with Crippen molar-refractivity contribution in [1.82, 2.24) is 0 Å². The van der Waals surface area contributed by atoms with Gasteiger partial charge in [0, 0.05) is 0 Å². The topological polar surface area (TPSA) is 46.5 Å². The highest BCUT2D eigenvalue weighted by Gasteiger charge is 2.42. The predicted octanol–water partition coefficient (Wildman–Crippen LogP) is 2.45. The summed E-state index contributed by atoms with van der Waals surface area (Å²) in [5.74, 6) is -5.35. The summed E-state index contributed by atoms with van der Waals surface area (Å²) in [6.07, 6.45) is -3.40. The number of carbonyl (C=O) groups is 1. The Kier molecular flexibility index (Phi) is 4.72. The first-order valence-corrected chi connectivity index (χ1v) is 5.34. The van der Waals surface area contributed by atoms with Crippen molar-refractivity contribution in [2.24, 2.45) is 0 Å². The van der Waals surface area contributed by atoms with Crippen molar-refractivity contribution in [1.29, 1.82) is 0 Å². The fourth-order valence-corrected chi connectivity index (χ4v) is 1.39. The lowest BCUT2D eigenvalue weighted by molar-refractivity contribution is -0.163. The monoisotopic (exact) mass is 262 g/mol. The maximum Gasteiger partial charge on any atom is 0.312 e. The van der Waals surface area contributed by atoms with Crippen molar-refractivity contribution < 1.29 is 27.8 Å². The highest BCUT2D eigenvalue weighted by atomic mass is 19.3. The van der Waals surface area contributed by atoms with Gasteiger partial charge in [0.05, 0.1) is 6.61 Å². The molecule has 0 spiro atoms. The Morgan fingerprint density at radius 3 is 2.44 bits per heavy atom. The van der Waals surface area contributed by atoms with Gasteiger partial charge in [-0.15, -0.1) is 0 Å². The van der Waals surface area contributed by atoms with E-state index in [1.54, 1.807) is 0 Å². The summed E-state index contributed by atoms with van der Waals surface area (Å²) < 4.78 is 44.1. The number of carbonyl (C=O) groups excluding carboxylic acids is 1. The molecule has 1 aromatic carbocycles. The van der Waals surface area contributed by atoms with Crippen LogP contribution in [0.2, 0.25) is 0 Å². The van der Waals surface area contributed by atoms with E-state index < -0.39 is 30.2 Å². The zero-order valence-electron chi connectivity index (χ0n) is 9.70. The zero-order chi connectivity index (χ0) is 13.8. The molecule has 1 atom stereocenters. The molecule has 1 unspecified atom stereocenters. The molecule has 18 heavy (non-hydrogen) atoms. The number of ether oxygens (including phenoxy) is 1. The van der Waals surface area contributed by atoms with Crippen LogP contribution in [-0.4, -0.2) is 23.6 Å². The molecule has 0 heterocycles. The van der Waals surface area contributed by atoms with Gasteiger partial charge in [0.25, 0.3) is 5.92 Å². The maximum absolute atomic E-state index is 13.5. The van der Waals surface area contributed by atoms with Gasteiger partial charge in [0.2, 0.25) is 0 Å². The van der Waals surface area contributed by atoms with Crippen LogP contribution in [0, 0.1) is 5.82 Å². The number of aliphatic hydroxyl groups excluding tert-OH is 1. The molecule has 0 aromatic heterocycles. The molecular formula is C12H13F3O3. The number of alkyl halides is 2. The third-order valence-electron chi connectivity index (χ3n) is 2.27. The van der Waals surface area contributed by atoms with E-state index in [0.29, 0.717) is 0 Å². The van der Waals surface area contributed by atoms with E-state index in [1.165, 1.54) is 6.92 Å². The molecule has 3 nitrogen and oxygen atoms in total. The molecule has 0 aliphatic heterocycles. The SMILES string of the molecule is CCOC(=O)CC(F)(F)C(O)c1ccc(F)cc1. The lowest BCUT2D eigenvalue weighted by Gasteiger charge is -2.21. The van der Waals surface area contributed by atoms with E-state index in [4.69, 9.17) is 0 Å². The van der Waals surface area contributed by atoms with Crippen molar-refractivity contribution in [2.45, 2.75) is 25.4 Å². The third-order valence-corrected chi connectivity index (χ3v) is 2.27. The van der Waals surface area contributed by atoms with E-state index in [1.807, 2.05) is 0 Å². The van der Waals surface area contributed by atoms with Crippen LogP contribution < -0.4 is 0 Å². The fraction of sp³-hybridized carbons (Fsp3) is 0.417. The maximum atomic E-state index is 13.5. The molecule has 0 amide bonds. The van der Waals surface area contributed by atoms with Crippen LogP contribution in [0.5, 0.6) is 0 Å². The summed E-state index contributed by atoms with van der Waals surface area (Å²) in [6, 6.07) is 4.00. The van der Waals surface area contributed by atoms with Gasteiger partial charge >= 0.3 is 5.97 Å². The predicted molar refractivity (Wildman–Crippen MR) is 57.6 cm³/mol. The summed E-state index contributed by atoms with van der Waals surface area (Å²) in [6.45, 7) is 1.48. The van der Waals surface area contributed by atoms with Gasteiger partial charge in [-0.3, -0.25) is 4.79 Å². The quantitative estimate of drug-likeness (QED) is 0.829. The van der Waals surface area contributed by atoms with Crippen molar-refractivity contribution in [3.05, 3.63) is 35.6 Å². The first-order chi connectivity index (χ1) is 8.36. The highest BCUT2D eigenvalue weighted by Crippen LogP contribution is 2.34. The summed E-state index contributed by atoms with van der Waals surface area (Å²) in [5, 5.41) is 9.48. The Balaban J connectivity index is 2.77.